The van der Waals surface area contributed by atoms with E-state index in [2.05, 4.69) is 42.9 Å². The summed E-state index contributed by atoms with van der Waals surface area (Å²) in [5, 5.41) is 16.8. The molecular weight excluding hydrogens is 588 g/mol. The zero-order valence-corrected chi connectivity index (χ0v) is 26.4. The average Bonchev–Trinajstić information content (AvgIpc) is 3.60. The van der Waals surface area contributed by atoms with Gasteiger partial charge in [-0.1, -0.05) is 17.7 Å². The maximum atomic E-state index is 9.00. The number of nitrogens with zero attached hydrogens (tertiary/aromatic N) is 6. The number of likely N-dealkylation sites (N-methyl/N-ethyl adjacent to an activating group) is 1. The van der Waals surface area contributed by atoms with E-state index in [1.54, 1.807) is 24.8 Å². The third kappa shape index (κ3) is 7.38. The predicted octanol–water partition coefficient (Wildman–Crippen LogP) is 5.23. The number of anilines is 2. The van der Waals surface area contributed by atoms with Crippen LogP contribution in [0.15, 0.2) is 36.7 Å². The number of piperazine rings is 1. The minimum absolute atomic E-state index is 0.291. The monoisotopic (exact) mass is 626 g/mol. The molecule has 4 aromatic rings. The maximum Gasteiger partial charge on any atom is 0.300 e. The van der Waals surface area contributed by atoms with Crippen LogP contribution in [0, 0.1) is 0 Å². The zero-order valence-electron chi connectivity index (χ0n) is 24.8. The van der Waals surface area contributed by atoms with Crippen molar-refractivity contribution in [2.45, 2.75) is 51.2 Å². The number of aliphatic carboxylic acids is 1. The zero-order chi connectivity index (χ0) is 30.5. The Kier molecular flexibility index (Phi) is 10.0. The quantitative estimate of drug-likeness (QED) is 0.250. The molecule has 0 bridgehead atoms. The Morgan fingerprint density at radius 3 is 2.47 bits per heavy atom. The number of nitrogen functional groups attached to an aromatic ring is 1. The van der Waals surface area contributed by atoms with Crippen molar-refractivity contribution in [3.8, 4) is 17.0 Å². The van der Waals surface area contributed by atoms with Crippen molar-refractivity contribution >= 4 is 51.4 Å². The molecule has 0 atom stereocenters. The minimum atomic E-state index is -0.833. The first kappa shape index (κ1) is 31.0. The summed E-state index contributed by atoms with van der Waals surface area (Å²) >= 11 is 7.65. The maximum absolute atomic E-state index is 9.00. The van der Waals surface area contributed by atoms with Gasteiger partial charge in [-0.15, -0.1) is 11.3 Å². The highest BCUT2D eigenvalue weighted by Gasteiger charge is 2.30. The Morgan fingerprint density at radius 2 is 1.81 bits per heavy atom. The number of hydrogen-bond acceptors (Lipinski definition) is 10. The van der Waals surface area contributed by atoms with Crippen molar-refractivity contribution in [3.05, 3.63) is 45.9 Å². The molecule has 1 aliphatic carbocycles. The number of thiophene rings is 1. The van der Waals surface area contributed by atoms with Crippen LogP contribution in [0.25, 0.3) is 22.3 Å². The van der Waals surface area contributed by atoms with E-state index in [1.165, 1.54) is 12.8 Å². The Hall–Kier alpha value is -3.45. The third-order valence-corrected chi connectivity index (χ3v) is 9.37. The van der Waals surface area contributed by atoms with Gasteiger partial charge in [-0.3, -0.25) is 9.69 Å². The SMILES string of the molecule is CC(=O)O.COc1cc(-c2nn(C3CCC(N4CCN(C)CC4)CC3)c3ncnc(N)c23)ccc1NCc1ccc(Cl)s1. The molecule has 0 amide bonds. The Morgan fingerprint density at radius 1 is 1.12 bits per heavy atom. The molecule has 43 heavy (non-hydrogen) atoms. The topological polar surface area (TPSA) is 135 Å². The van der Waals surface area contributed by atoms with Crippen LogP contribution in [0.2, 0.25) is 4.34 Å². The van der Waals surface area contributed by atoms with Crippen molar-refractivity contribution < 1.29 is 14.6 Å². The van der Waals surface area contributed by atoms with Gasteiger partial charge in [0.05, 0.1) is 28.6 Å². The van der Waals surface area contributed by atoms with Gasteiger partial charge in [-0.25, -0.2) is 14.6 Å². The first-order valence-electron chi connectivity index (χ1n) is 14.5. The molecule has 6 rings (SSSR count). The number of halogens is 1. The van der Waals surface area contributed by atoms with Crippen LogP contribution in [-0.4, -0.2) is 87.0 Å². The number of methoxy groups -OCH3 is 1. The van der Waals surface area contributed by atoms with Crippen LogP contribution < -0.4 is 15.8 Å². The number of carboxylic acid groups (broad SMARTS) is 1. The fraction of sp³-hybridized carbons (Fsp3) is 0.467. The van der Waals surface area contributed by atoms with Gasteiger partial charge < -0.3 is 25.8 Å². The van der Waals surface area contributed by atoms with Crippen LogP contribution in [0.3, 0.4) is 0 Å². The summed E-state index contributed by atoms with van der Waals surface area (Å²) < 4.78 is 8.63. The summed E-state index contributed by atoms with van der Waals surface area (Å²) in [6, 6.07) is 11.0. The Bertz CT molecular complexity index is 1540. The van der Waals surface area contributed by atoms with E-state index in [4.69, 9.17) is 37.1 Å². The van der Waals surface area contributed by atoms with Crippen molar-refractivity contribution in [2.24, 2.45) is 0 Å². The van der Waals surface area contributed by atoms with Crippen molar-refractivity contribution in [2.75, 3.05) is 51.4 Å². The molecule has 1 aliphatic heterocycles. The second-order valence-electron chi connectivity index (χ2n) is 11.0. The summed E-state index contributed by atoms with van der Waals surface area (Å²) in [5.41, 5.74) is 9.83. The third-order valence-electron chi connectivity index (χ3n) is 8.14. The van der Waals surface area contributed by atoms with E-state index in [-0.39, 0.29) is 0 Å². The van der Waals surface area contributed by atoms with E-state index in [1.807, 2.05) is 24.3 Å². The van der Waals surface area contributed by atoms with Crippen LogP contribution >= 0.6 is 22.9 Å². The van der Waals surface area contributed by atoms with Crippen LogP contribution in [-0.2, 0) is 11.3 Å². The normalized spacial score (nSPS) is 19.5. The van der Waals surface area contributed by atoms with Crippen LogP contribution in [0.4, 0.5) is 11.5 Å². The highest BCUT2D eigenvalue weighted by molar-refractivity contribution is 7.16. The molecule has 4 heterocycles. The number of nitrogens with two attached hydrogens (primary N) is 1. The summed E-state index contributed by atoms with van der Waals surface area (Å²) in [6.45, 7) is 6.39. The lowest BCUT2D eigenvalue weighted by Crippen LogP contribution is -2.49. The highest BCUT2D eigenvalue weighted by atomic mass is 35.5. The summed E-state index contributed by atoms with van der Waals surface area (Å²) in [4.78, 5) is 24.2. The van der Waals surface area contributed by atoms with Gasteiger partial charge in [0.1, 0.15) is 23.6 Å². The summed E-state index contributed by atoms with van der Waals surface area (Å²) in [6.07, 6.45) is 6.05. The molecule has 11 nitrogen and oxygen atoms in total. The van der Waals surface area contributed by atoms with Gasteiger partial charge >= 0.3 is 0 Å². The van der Waals surface area contributed by atoms with E-state index in [9.17, 15) is 0 Å². The Balaban J connectivity index is 0.000000868. The number of fused-ring (bicyclic) bond motifs is 1. The number of benzene rings is 1. The van der Waals surface area contributed by atoms with Crippen LogP contribution in [0.1, 0.15) is 43.5 Å². The number of aromatic nitrogens is 4. The second-order valence-corrected chi connectivity index (χ2v) is 12.8. The lowest BCUT2D eigenvalue weighted by atomic mass is 9.90. The van der Waals surface area contributed by atoms with Crippen molar-refractivity contribution in [1.29, 1.82) is 0 Å². The first-order valence-corrected chi connectivity index (χ1v) is 15.7. The molecule has 13 heteroatoms. The van der Waals surface area contributed by atoms with E-state index >= 15 is 0 Å². The molecule has 2 fully saturated rings. The van der Waals surface area contributed by atoms with Gasteiger partial charge in [0.15, 0.2) is 5.65 Å². The van der Waals surface area contributed by atoms with Crippen molar-refractivity contribution in [3.63, 3.8) is 0 Å². The van der Waals surface area contributed by atoms with E-state index < -0.39 is 5.97 Å². The number of ether oxygens (including phenoxy) is 1. The lowest BCUT2D eigenvalue weighted by molar-refractivity contribution is -0.134. The molecule has 1 saturated heterocycles. The number of rotatable bonds is 7. The van der Waals surface area contributed by atoms with Gasteiger partial charge in [0.2, 0.25) is 0 Å². The average molecular weight is 627 g/mol. The van der Waals surface area contributed by atoms with E-state index in [0.717, 1.165) is 88.9 Å². The van der Waals surface area contributed by atoms with E-state index in [0.29, 0.717) is 24.4 Å². The number of carboxylic acids is 1. The summed E-state index contributed by atoms with van der Waals surface area (Å²) in [7, 11) is 3.89. The molecule has 0 unspecified atom stereocenters. The fourth-order valence-electron chi connectivity index (χ4n) is 5.92. The van der Waals surface area contributed by atoms with Gasteiger partial charge in [0, 0.05) is 56.1 Å². The van der Waals surface area contributed by atoms with Gasteiger partial charge in [-0.2, -0.15) is 5.10 Å². The smallest absolute Gasteiger partial charge is 0.300 e. The number of hydrogen-bond donors (Lipinski definition) is 3. The highest BCUT2D eigenvalue weighted by Crippen LogP contribution is 2.39. The lowest BCUT2D eigenvalue weighted by Gasteiger charge is -2.41. The largest absolute Gasteiger partial charge is 0.495 e. The minimum Gasteiger partial charge on any atom is -0.495 e. The molecule has 4 N–H and O–H groups in total. The molecule has 1 aromatic carbocycles. The number of nitrogens with one attached hydrogen (secondary N) is 1. The van der Waals surface area contributed by atoms with Gasteiger partial charge in [0.25, 0.3) is 5.97 Å². The molecule has 0 spiro atoms. The first-order chi connectivity index (χ1) is 20.7. The summed E-state index contributed by atoms with van der Waals surface area (Å²) in [5.74, 6) is 0.351. The molecule has 0 radical (unpaired) electrons. The molecule has 3 aromatic heterocycles. The van der Waals surface area contributed by atoms with Crippen molar-refractivity contribution in [1.82, 2.24) is 29.5 Å². The van der Waals surface area contributed by atoms with Gasteiger partial charge in [-0.05, 0) is 57.0 Å². The molecule has 2 aliphatic rings. The molecular formula is C30H39ClN8O3S. The molecule has 230 valence electrons. The van der Waals surface area contributed by atoms with Crippen LogP contribution in [0.5, 0.6) is 5.75 Å². The number of carbonyl (C=O) groups is 1. The second kappa shape index (κ2) is 13.9. The standard InChI is InChI=1S/C28H35ClN8OS.C2H4O2/c1-35-11-13-36(14-12-35)19-4-6-20(7-5-19)37-28-25(27(30)32-17-33-28)26(34-37)18-3-9-22(23(15-18)38-2)31-16-21-8-10-24(29)39-21;1-2(3)4/h3,8-10,15,17,19-20,31H,4-7,11-14,16H2,1-2H3,(H2,30,32,33);1H3,(H,3,4). The molecule has 1 saturated carbocycles. The fourth-order valence-corrected chi connectivity index (χ4v) is 6.95. The predicted molar refractivity (Wildman–Crippen MR) is 172 cm³/mol. The Labute approximate surface area is 260 Å².